The number of rotatable bonds is 4. The SMILES string of the molecule is Cc1ccc(OCC(=O)NC(N)=O)c(C=O)c1. The third-order valence-electron chi connectivity index (χ3n) is 1.91. The van der Waals surface area contributed by atoms with Gasteiger partial charge >= 0.3 is 6.03 Å². The summed E-state index contributed by atoms with van der Waals surface area (Å²) in [5.41, 5.74) is 6.00. The molecule has 0 fully saturated rings. The minimum atomic E-state index is -0.946. The Morgan fingerprint density at radius 1 is 1.47 bits per heavy atom. The number of hydrogen-bond donors (Lipinski definition) is 2. The Morgan fingerprint density at radius 3 is 2.76 bits per heavy atom. The molecule has 0 atom stereocenters. The number of nitrogens with two attached hydrogens (primary N) is 1. The number of carbonyl (C=O) groups is 3. The van der Waals surface area contributed by atoms with Crippen molar-refractivity contribution in [2.45, 2.75) is 6.92 Å². The summed E-state index contributed by atoms with van der Waals surface area (Å²) in [5, 5.41) is 1.85. The highest BCUT2D eigenvalue weighted by Gasteiger charge is 2.08. The van der Waals surface area contributed by atoms with E-state index in [4.69, 9.17) is 10.5 Å². The molecule has 3 N–H and O–H groups in total. The van der Waals surface area contributed by atoms with Crippen LogP contribution in [-0.4, -0.2) is 24.8 Å². The van der Waals surface area contributed by atoms with Gasteiger partial charge in [0.25, 0.3) is 5.91 Å². The van der Waals surface area contributed by atoms with E-state index in [1.54, 1.807) is 18.2 Å². The van der Waals surface area contributed by atoms with Gasteiger partial charge in [0.2, 0.25) is 0 Å². The number of nitrogens with one attached hydrogen (secondary N) is 1. The van der Waals surface area contributed by atoms with Crippen molar-refractivity contribution in [3.63, 3.8) is 0 Å². The summed E-state index contributed by atoms with van der Waals surface area (Å²) in [6.07, 6.45) is 0.633. The third kappa shape index (κ3) is 3.94. The minimum Gasteiger partial charge on any atom is -0.483 e. The average molecular weight is 236 g/mol. The fourth-order valence-corrected chi connectivity index (χ4v) is 1.21. The van der Waals surface area contributed by atoms with Crippen LogP contribution in [0.2, 0.25) is 0 Å². The summed E-state index contributed by atoms with van der Waals surface area (Å²) in [5.74, 6) is -0.389. The van der Waals surface area contributed by atoms with Gasteiger partial charge in [-0.15, -0.1) is 0 Å². The molecular formula is C11H12N2O4. The van der Waals surface area contributed by atoms with Crippen LogP contribution in [0.3, 0.4) is 0 Å². The van der Waals surface area contributed by atoms with Gasteiger partial charge in [-0.3, -0.25) is 14.9 Å². The highest BCUT2D eigenvalue weighted by Crippen LogP contribution is 2.17. The Morgan fingerprint density at radius 2 is 2.18 bits per heavy atom. The number of amides is 3. The molecule has 0 aliphatic rings. The van der Waals surface area contributed by atoms with Crippen molar-refractivity contribution in [2.24, 2.45) is 5.73 Å². The topological polar surface area (TPSA) is 98.5 Å². The quantitative estimate of drug-likeness (QED) is 0.738. The molecular weight excluding hydrogens is 224 g/mol. The first kappa shape index (κ1) is 12.7. The maximum absolute atomic E-state index is 11.1. The number of hydrogen-bond acceptors (Lipinski definition) is 4. The van der Waals surface area contributed by atoms with Crippen LogP contribution in [0, 0.1) is 6.92 Å². The van der Waals surface area contributed by atoms with Crippen LogP contribution in [-0.2, 0) is 4.79 Å². The maximum atomic E-state index is 11.1. The van der Waals surface area contributed by atoms with Crippen molar-refractivity contribution >= 4 is 18.2 Å². The van der Waals surface area contributed by atoms with E-state index in [1.165, 1.54) is 0 Å². The van der Waals surface area contributed by atoms with Gasteiger partial charge in [0, 0.05) is 0 Å². The molecule has 17 heavy (non-hydrogen) atoms. The second-order valence-electron chi connectivity index (χ2n) is 3.36. The van der Waals surface area contributed by atoms with Crippen LogP contribution >= 0.6 is 0 Å². The Hall–Kier alpha value is -2.37. The molecule has 0 radical (unpaired) electrons. The number of urea groups is 1. The number of carbonyl (C=O) groups excluding carboxylic acids is 3. The van der Waals surface area contributed by atoms with Crippen molar-refractivity contribution < 1.29 is 19.1 Å². The lowest BCUT2D eigenvalue weighted by Crippen LogP contribution is -2.38. The lowest BCUT2D eigenvalue weighted by molar-refractivity contribution is -0.121. The highest BCUT2D eigenvalue weighted by atomic mass is 16.5. The van der Waals surface area contributed by atoms with Crippen molar-refractivity contribution in [1.29, 1.82) is 0 Å². The van der Waals surface area contributed by atoms with Gasteiger partial charge < -0.3 is 10.5 Å². The van der Waals surface area contributed by atoms with Crippen LogP contribution in [0.15, 0.2) is 18.2 Å². The lowest BCUT2D eigenvalue weighted by Gasteiger charge is -2.08. The van der Waals surface area contributed by atoms with Crippen LogP contribution in [0.25, 0.3) is 0 Å². The Bertz CT molecular complexity index is 457. The van der Waals surface area contributed by atoms with E-state index in [2.05, 4.69) is 0 Å². The summed E-state index contributed by atoms with van der Waals surface area (Å²) in [6.45, 7) is 1.45. The van der Waals surface area contributed by atoms with Crippen LogP contribution < -0.4 is 15.8 Å². The fourth-order valence-electron chi connectivity index (χ4n) is 1.21. The number of primary amides is 1. The van der Waals surface area contributed by atoms with Crippen molar-refractivity contribution in [3.05, 3.63) is 29.3 Å². The van der Waals surface area contributed by atoms with Crippen LogP contribution in [0.5, 0.6) is 5.75 Å². The Labute approximate surface area is 97.7 Å². The standard InChI is InChI=1S/C11H12N2O4/c1-7-2-3-9(8(4-7)5-14)17-6-10(15)13-11(12)16/h2-5H,6H2,1H3,(H3,12,13,15,16). The zero-order chi connectivity index (χ0) is 12.8. The molecule has 90 valence electrons. The predicted molar refractivity (Wildman–Crippen MR) is 59.8 cm³/mol. The molecule has 3 amide bonds. The molecule has 0 bridgehead atoms. The van der Waals surface area contributed by atoms with Gasteiger partial charge in [0.15, 0.2) is 12.9 Å². The van der Waals surface area contributed by atoms with E-state index < -0.39 is 11.9 Å². The molecule has 1 aromatic carbocycles. The van der Waals surface area contributed by atoms with Gasteiger partial charge in [-0.1, -0.05) is 11.6 Å². The molecule has 1 aromatic rings. The van der Waals surface area contributed by atoms with Gasteiger partial charge in [0.1, 0.15) is 5.75 Å². The van der Waals surface area contributed by atoms with E-state index in [9.17, 15) is 14.4 Å². The molecule has 0 aromatic heterocycles. The van der Waals surface area contributed by atoms with Crippen molar-refractivity contribution in [3.8, 4) is 5.75 Å². The summed E-state index contributed by atoms with van der Waals surface area (Å²) >= 11 is 0. The minimum absolute atomic E-state index is 0.283. The summed E-state index contributed by atoms with van der Waals surface area (Å²) in [4.78, 5) is 32.2. The van der Waals surface area contributed by atoms with Gasteiger partial charge in [-0.25, -0.2) is 4.79 Å². The van der Waals surface area contributed by atoms with E-state index in [0.29, 0.717) is 11.8 Å². The van der Waals surface area contributed by atoms with Gasteiger partial charge in [0.05, 0.1) is 5.56 Å². The lowest BCUT2D eigenvalue weighted by atomic mass is 10.1. The third-order valence-corrected chi connectivity index (χ3v) is 1.91. The Kier molecular flexibility index (Phi) is 4.21. The molecule has 0 spiro atoms. The number of ether oxygens (including phenoxy) is 1. The Balaban J connectivity index is 2.66. The molecule has 0 aliphatic heterocycles. The zero-order valence-electron chi connectivity index (χ0n) is 9.23. The van der Waals surface area contributed by atoms with E-state index in [1.807, 2.05) is 12.2 Å². The zero-order valence-corrected chi connectivity index (χ0v) is 9.23. The molecule has 0 aliphatic carbocycles. The van der Waals surface area contributed by atoms with Crippen molar-refractivity contribution in [1.82, 2.24) is 5.32 Å². The summed E-state index contributed by atoms with van der Waals surface area (Å²) in [6, 6.07) is 4.01. The second-order valence-corrected chi connectivity index (χ2v) is 3.36. The first-order chi connectivity index (χ1) is 8.02. The summed E-state index contributed by atoms with van der Waals surface area (Å²) in [7, 11) is 0. The maximum Gasteiger partial charge on any atom is 0.318 e. The van der Waals surface area contributed by atoms with Crippen LogP contribution in [0.1, 0.15) is 15.9 Å². The first-order valence-corrected chi connectivity index (χ1v) is 4.81. The number of aryl methyl sites for hydroxylation is 1. The number of aldehydes is 1. The molecule has 0 saturated carbocycles. The van der Waals surface area contributed by atoms with Gasteiger partial charge in [-0.05, 0) is 19.1 Å². The molecule has 0 saturated heterocycles. The largest absolute Gasteiger partial charge is 0.483 e. The second kappa shape index (κ2) is 5.64. The van der Waals surface area contributed by atoms with Crippen molar-refractivity contribution in [2.75, 3.05) is 6.61 Å². The van der Waals surface area contributed by atoms with Gasteiger partial charge in [-0.2, -0.15) is 0 Å². The fraction of sp³-hybridized carbons (Fsp3) is 0.182. The van der Waals surface area contributed by atoms with E-state index in [-0.39, 0.29) is 12.4 Å². The molecule has 0 unspecified atom stereocenters. The average Bonchev–Trinajstić information content (AvgIpc) is 2.26. The molecule has 6 heteroatoms. The van der Waals surface area contributed by atoms with Crippen LogP contribution in [0.4, 0.5) is 4.79 Å². The molecule has 6 nitrogen and oxygen atoms in total. The first-order valence-electron chi connectivity index (χ1n) is 4.81. The molecule has 0 heterocycles. The number of benzene rings is 1. The monoisotopic (exact) mass is 236 g/mol. The smallest absolute Gasteiger partial charge is 0.318 e. The normalized spacial score (nSPS) is 9.47. The molecule has 1 rings (SSSR count). The van der Waals surface area contributed by atoms with E-state index >= 15 is 0 Å². The highest BCUT2D eigenvalue weighted by molar-refractivity contribution is 5.94. The predicted octanol–water partition coefficient (Wildman–Crippen LogP) is 0.381. The number of imide groups is 1. The summed E-state index contributed by atoms with van der Waals surface area (Å²) < 4.78 is 5.09. The van der Waals surface area contributed by atoms with E-state index in [0.717, 1.165) is 5.56 Å².